The molecule has 1 aromatic heterocycles. The van der Waals surface area contributed by atoms with Crippen LogP contribution in [-0.4, -0.2) is 32.0 Å². The first-order chi connectivity index (χ1) is 13.0. The van der Waals surface area contributed by atoms with Crippen molar-refractivity contribution in [3.63, 3.8) is 0 Å². The zero-order valence-corrected chi connectivity index (χ0v) is 16.3. The number of hydrogen-bond acceptors (Lipinski definition) is 5. The van der Waals surface area contributed by atoms with E-state index in [9.17, 15) is 4.79 Å². The molecule has 138 valence electrons. The molecule has 2 aromatic carbocycles. The molecule has 0 aliphatic rings. The number of ketones is 1. The van der Waals surface area contributed by atoms with Crippen molar-refractivity contribution >= 4 is 28.7 Å². The molecule has 0 amide bonds. The number of aromatic nitrogens is 3. The van der Waals surface area contributed by atoms with Crippen molar-refractivity contribution in [2.45, 2.75) is 12.8 Å². The molecule has 3 rings (SSSR count). The van der Waals surface area contributed by atoms with E-state index in [1.165, 1.54) is 11.8 Å². The van der Waals surface area contributed by atoms with Crippen LogP contribution in [0.3, 0.4) is 0 Å². The van der Waals surface area contributed by atoms with Crippen molar-refractivity contribution < 1.29 is 4.79 Å². The average Bonchev–Trinajstić information content (AvgIpc) is 3.07. The third-order valence-electron chi connectivity index (χ3n) is 4.28. The van der Waals surface area contributed by atoms with Crippen molar-refractivity contribution in [3.8, 4) is 0 Å². The third kappa shape index (κ3) is 4.25. The summed E-state index contributed by atoms with van der Waals surface area (Å²) in [4.78, 5) is 21.4. The Morgan fingerprint density at radius 2 is 1.85 bits per heavy atom. The molecule has 2 N–H and O–H groups in total. The van der Waals surface area contributed by atoms with Gasteiger partial charge in [0.2, 0.25) is 0 Å². The van der Waals surface area contributed by atoms with Gasteiger partial charge in [0.1, 0.15) is 5.82 Å². The van der Waals surface area contributed by atoms with Gasteiger partial charge in [0.25, 0.3) is 5.95 Å². The second-order valence-corrected chi connectivity index (χ2v) is 6.92. The highest BCUT2D eigenvalue weighted by molar-refractivity contribution is 8.13. The number of aryl methyl sites for hydroxylation is 1. The summed E-state index contributed by atoms with van der Waals surface area (Å²) in [6.45, 7) is 2.03. The summed E-state index contributed by atoms with van der Waals surface area (Å²) < 4.78 is 1.70. The Bertz CT molecular complexity index is 981. The Labute approximate surface area is 162 Å². The first-order valence-corrected chi connectivity index (χ1v) is 9.71. The van der Waals surface area contributed by atoms with E-state index >= 15 is 0 Å². The SMILES string of the molecule is CSC(N)=Nc1nc(C(C)c2cccc(C(=O)c3ccccc3)c2)n(C)n1. The van der Waals surface area contributed by atoms with E-state index in [-0.39, 0.29) is 11.7 Å². The Kier molecular flexibility index (Phi) is 5.71. The minimum Gasteiger partial charge on any atom is -0.378 e. The number of hydrogen-bond donors (Lipinski definition) is 1. The summed E-state index contributed by atoms with van der Waals surface area (Å²) in [6.07, 6.45) is 1.85. The van der Waals surface area contributed by atoms with Gasteiger partial charge in [-0.2, -0.15) is 9.98 Å². The number of rotatable bonds is 5. The summed E-state index contributed by atoms with van der Waals surface area (Å²) in [6, 6.07) is 16.9. The molecule has 0 saturated carbocycles. The molecule has 3 aromatic rings. The number of benzene rings is 2. The maximum Gasteiger partial charge on any atom is 0.270 e. The quantitative estimate of drug-likeness (QED) is 0.416. The lowest BCUT2D eigenvalue weighted by molar-refractivity contribution is 0.103. The van der Waals surface area contributed by atoms with Gasteiger partial charge in [0.05, 0.1) is 0 Å². The topological polar surface area (TPSA) is 86.2 Å². The highest BCUT2D eigenvalue weighted by Crippen LogP contribution is 2.25. The Hall–Kier alpha value is -2.93. The van der Waals surface area contributed by atoms with Gasteiger partial charge in [-0.15, -0.1) is 5.10 Å². The van der Waals surface area contributed by atoms with Crippen molar-refractivity contribution in [1.29, 1.82) is 0 Å². The van der Waals surface area contributed by atoms with Gasteiger partial charge in [-0.3, -0.25) is 9.48 Å². The number of nitrogens with two attached hydrogens (primary N) is 1. The minimum atomic E-state index is -0.0505. The van der Waals surface area contributed by atoms with Crippen molar-refractivity contribution in [2.24, 2.45) is 17.8 Å². The van der Waals surface area contributed by atoms with Crippen LogP contribution in [0.5, 0.6) is 0 Å². The van der Waals surface area contributed by atoms with Crippen LogP contribution >= 0.6 is 11.8 Å². The molecule has 1 atom stereocenters. The van der Waals surface area contributed by atoms with Crippen LogP contribution < -0.4 is 5.73 Å². The number of nitrogens with zero attached hydrogens (tertiary/aromatic N) is 4. The molecule has 0 bridgehead atoms. The fraction of sp³-hybridized carbons (Fsp3) is 0.200. The van der Waals surface area contributed by atoms with Gasteiger partial charge >= 0.3 is 0 Å². The Morgan fingerprint density at radius 1 is 1.15 bits per heavy atom. The number of thioether (sulfide) groups is 1. The van der Waals surface area contributed by atoms with Gasteiger partial charge in [0, 0.05) is 24.1 Å². The highest BCUT2D eigenvalue weighted by Gasteiger charge is 2.18. The predicted molar refractivity (Wildman–Crippen MR) is 110 cm³/mol. The normalized spacial score (nSPS) is 12.8. The molecule has 1 heterocycles. The van der Waals surface area contributed by atoms with Crippen LogP contribution in [0, 0.1) is 0 Å². The molecule has 0 radical (unpaired) electrons. The molecule has 0 aliphatic carbocycles. The number of aliphatic imine (C=N–C) groups is 1. The molecule has 0 aliphatic heterocycles. The maximum absolute atomic E-state index is 12.7. The van der Waals surface area contributed by atoms with E-state index in [0.717, 1.165) is 11.4 Å². The third-order valence-corrected chi connectivity index (χ3v) is 4.79. The van der Waals surface area contributed by atoms with Crippen LogP contribution in [0.1, 0.15) is 40.2 Å². The number of amidine groups is 1. The second kappa shape index (κ2) is 8.18. The van der Waals surface area contributed by atoms with E-state index in [0.29, 0.717) is 22.2 Å². The second-order valence-electron chi connectivity index (χ2n) is 6.09. The van der Waals surface area contributed by atoms with Gasteiger partial charge in [-0.05, 0) is 17.9 Å². The molecule has 27 heavy (non-hydrogen) atoms. The summed E-state index contributed by atoms with van der Waals surface area (Å²) in [5, 5.41) is 4.72. The summed E-state index contributed by atoms with van der Waals surface area (Å²) in [7, 11) is 1.83. The molecular formula is C20H21N5OS. The first kappa shape index (κ1) is 18.8. The standard InChI is InChI=1S/C20H21N5OS/c1-13(18-22-20(24-25(18)2)23-19(21)27-3)15-10-7-11-16(12-15)17(26)14-8-5-4-6-9-14/h4-13H,1-3H3,(H2,21,23,24). The van der Waals surface area contributed by atoms with Crippen LogP contribution in [0.2, 0.25) is 0 Å². The van der Waals surface area contributed by atoms with E-state index in [1.54, 1.807) is 4.68 Å². The molecule has 1 unspecified atom stereocenters. The fourth-order valence-electron chi connectivity index (χ4n) is 2.81. The van der Waals surface area contributed by atoms with E-state index in [4.69, 9.17) is 5.73 Å². The van der Waals surface area contributed by atoms with Gasteiger partial charge in [-0.25, -0.2) is 0 Å². The summed E-state index contributed by atoms with van der Waals surface area (Å²) >= 11 is 1.34. The number of carbonyl (C=O) groups is 1. The summed E-state index contributed by atoms with van der Waals surface area (Å²) in [5.41, 5.74) is 8.05. The van der Waals surface area contributed by atoms with Crippen molar-refractivity contribution in [3.05, 3.63) is 77.1 Å². The van der Waals surface area contributed by atoms with E-state index < -0.39 is 0 Å². The van der Waals surface area contributed by atoms with E-state index in [1.807, 2.05) is 74.8 Å². The first-order valence-electron chi connectivity index (χ1n) is 8.48. The molecular weight excluding hydrogens is 358 g/mol. The van der Waals surface area contributed by atoms with Crippen LogP contribution in [0.25, 0.3) is 0 Å². The molecule has 0 fully saturated rings. The lowest BCUT2D eigenvalue weighted by Crippen LogP contribution is -2.07. The van der Waals surface area contributed by atoms with Crippen molar-refractivity contribution in [2.75, 3.05) is 6.26 Å². The zero-order valence-electron chi connectivity index (χ0n) is 15.5. The Morgan fingerprint density at radius 3 is 2.56 bits per heavy atom. The van der Waals surface area contributed by atoms with Crippen LogP contribution in [-0.2, 0) is 7.05 Å². The monoisotopic (exact) mass is 379 g/mol. The van der Waals surface area contributed by atoms with Crippen molar-refractivity contribution in [1.82, 2.24) is 14.8 Å². The zero-order chi connectivity index (χ0) is 19.4. The predicted octanol–water partition coefficient (Wildman–Crippen LogP) is 3.51. The molecule has 0 spiro atoms. The van der Waals surface area contributed by atoms with Gasteiger partial charge < -0.3 is 5.73 Å². The summed E-state index contributed by atoms with van der Waals surface area (Å²) in [5.74, 6) is 1.04. The average molecular weight is 379 g/mol. The number of carbonyl (C=O) groups excluding carboxylic acids is 1. The van der Waals surface area contributed by atoms with Crippen LogP contribution in [0.4, 0.5) is 5.95 Å². The smallest absolute Gasteiger partial charge is 0.270 e. The van der Waals surface area contributed by atoms with E-state index in [2.05, 4.69) is 15.1 Å². The maximum atomic E-state index is 12.7. The van der Waals surface area contributed by atoms with Gasteiger partial charge in [-0.1, -0.05) is 67.2 Å². The molecule has 7 heteroatoms. The largest absolute Gasteiger partial charge is 0.378 e. The molecule has 0 saturated heterocycles. The fourth-order valence-corrected chi connectivity index (χ4v) is 2.98. The lowest BCUT2D eigenvalue weighted by atomic mass is 9.95. The van der Waals surface area contributed by atoms with Gasteiger partial charge in [0.15, 0.2) is 11.0 Å². The lowest BCUT2D eigenvalue weighted by Gasteiger charge is -2.12. The Balaban J connectivity index is 1.90. The molecule has 6 nitrogen and oxygen atoms in total. The minimum absolute atomic E-state index is 0.000600. The highest BCUT2D eigenvalue weighted by atomic mass is 32.2. The van der Waals surface area contributed by atoms with Crippen LogP contribution in [0.15, 0.2) is 59.6 Å².